The van der Waals surface area contributed by atoms with Crippen LogP contribution in [0.5, 0.6) is 0 Å². The van der Waals surface area contributed by atoms with Gasteiger partial charge < -0.3 is 4.98 Å². The summed E-state index contributed by atoms with van der Waals surface area (Å²) in [5.74, 6) is 0.337. The molecule has 1 N–H and O–H groups in total. The molecule has 3 heteroatoms. The first kappa shape index (κ1) is 8.94. The van der Waals surface area contributed by atoms with Crippen molar-refractivity contribution in [1.82, 2.24) is 9.97 Å². The number of nitrogens with zero attached hydrogens (tertiary/aromatic N) is 1. The number of aromatic nitrogens is 2. The summed E-state index contributed by atoms with van der Waals surface area (Å²) >= 11 is 0. The average molecular weight is 188 g/mol. The third-order valence-electron chi connectivity index (χ3n) is 2.27. The predicted molar refractivity (Wildman–Crippen MR) is 56.5 cm³/mol. The molecule has 3 nitrogen and oxygen atoms in total. The molecule has 0 amide bonds. The summed E-state index contributed by atoms with van der Waals surface area (Å²) in [6.07, 6.45) is 1.68. The number of hydrogen-bond donors (Lipinski definition) is 1. The first-order chi connectivity index (χ1) is 6.68. The lowest BCUT2D eigenvalue weighted by molar-refractivity contribution is 0.870. The molecule has 0 unspecified atom stereocenters. The van der Waals surface area contributed by atoms with E-state index in [0.717, 1.165) is 10.9 Å². The Morgan fingerprint density at radius 3 is 2.93 bits per heavy atom. The predicted octanol–water partition coefficient (Wildman–Crippen LogP) is 2.05. The van der Waals surface area contributed by atoms with Crippen molar-refractivity contribution < 1.29 is 0 Å². The fraction of sp³-hybridized carbons (Fsp3) is 0.273. The first-order valence-corrected chi connectivity index (χ1v) is 4.66. The molecule has 2 aromatic heterocycles. The van der Waals surface area contributed by atoms with Crippen molar-refractivity contribution in [2.24, 2.45) is 0 Å². The molecule has 0 fully saturated rings. The number of nitrogens with one attached hydrogen (secondary N) is 1. The van der Waals surface area contributed by atoms with Gasteiger partial charge in [0.15, 0.2) is 0 Å². The average Bonchev–Trinajstić information content (AvgIpc) is 2.16. The lowest BCUT2D eigenvalue weighted by atomic mass is 10.0. The van der Waals surface area contributed by atoms with E-state index in [9.17, 15) is 4.79 Å². The molecule has 0 aliphatic heterocycles. The van der Waals surface area contributed by atoms with Crippen molar-refractivity contribution in [2.75, 3.05) is 0 Å². The van der Waals surface area contributed by atoms with Crippen LogP contribution in [0.2, 0.25) is 0 Å². The van der Waals surface area contributed by atoms with Crippen molar-refractivity contribution in [2.45, 2.75) is 19.8 Å². The zero-order valence-corrected chi connectivity index (χ0v) is 8.24. The number of rotatable bonds is 1. The van der Waals surface area contributed by atoms with E-state index in [0.29, 0.717) is 11.6 Å². The van der Waals surface area contributed by atoms with Gasteiger partial charge in [0.2, 0.25) is 5.56 Å². The number of hydrogen-bond acceptors (Lipinski definition) is 2. The molecule has 2 rings (SSSR count). The van der Waals surface area contributed by atoms with E-state index in [1.165, 1.54) is 0 Å². The summed E-state index contributed by atoms with van der Waals surface area (Å²) in [6, 6.07) is 5.51. The molecule has 0 spiro atoms. The number of pyridine rings is 2. The SMILES string of the molecule is CC(C)c1cc(=O)[nH]c2ncccc12. The van der Waals surface area contributed by atoms with Gasteiger partial charge >= 0.3 is 0 Å². The fourth-order valence-electron chi connectivity index (χ4n) is 1.59. The Hall–Kier alpha value is -1.64. The molecule has 0 saturated heterocycles. The van der Waals surface area contributed by atoms with Crippen LogP contribution < -0.4 is 5.56 Å². The molecule has 0 atom stereocenters. The van der Waals surface area contributed by atoms with Crippen LogP contribution in [0.15, 0.2) is 29.2 Å². The highest BCUT2D eigenvalue weighted by atomic mass is 16.1. The summed E-state index contributed by atoms with van der Waals surface area (Å²) in [5.41, 5.74) is 1.64. The minimum absolute atomic E-state index is 0.0834. The van der Waals surface area contributed by atoms with E-state index < -0.39 is 0 Å². The van der Waals surface area contributed by atoms with Gasteiger partial charge in [0.1, 0.15) is 5.65 Å². The van der Waals surface area contributed by atoms with Crippen LogP contribution in [0.25, 0.3) is 11.0 Å². The lowest BCUT2D eigenvalue weighted by Crippen LogP contribution is -2.08. The Balaban J connectivity index is 2.87. The van der Waals surface area contributed by atoms with Gasteiger partial charge in [0.25, 0.3) is 0 Å². The lowest BCUT2D eigenvalue weighted by Gasteiger charge is -2.07. The highest BCUT2D eigenvalue weighted by Crippen LogP contribution is 2.20. The van der Waals surface area contributed by atoms with Gasteiger partial charge in [0, 0.05) is 17.6 Å². The van der Waals surface area contributed by atoms with Gasteiger partial charge in [-0.15, -0.1) is 0 Å². The maximum atomic E-state index is 11.3. The third kappa shape index (κ3) is 1.41. The summed E-state index contributed by atoms with van der Waals surface area (Å²) in [6.45, 7) is 4.14. The van der Waals surface area contributed by atoms with Gasteiger partial charge in [-0.25, -0.2) is 4.98 Å². The van der Waals surface area contributed by atoms with Crippen LogP contribution in [-0.2, 0) is 0 Å². The quantitative estimate of drug-likeness (QED) is 0.744. The van der Waals surface area contributed by atoms with Crippen molar-refractivity contribution in [3.63, 3.8) is 0 Å². The van der Waals surface area contributed by atoms with E-state index in [-0.39, 0.29) is 5.56 Å². The molecule has 2 heterocycles. The van der Waals surface area contributed by atoms with Gasteiger partial charge in [-0.3, -0.25) is 4.79 Å². The molecule has 0 aliphatic carbocycles. The molecule has 0 aliphatic rings. The monoisotopic (exact) mass is 188 g/mol. The standard InChI is InChI=1S/C11H12N2O/c1-7(2)9-6-10(14)13-11-8(9)4-3-5-12-11/h3-7H,1-2H3,(H,12,13,14). The van der Waals surface area contributed by atoms with E-state index in [4.69, 9.17) is 0 Å². The van der Waals surface area contributed by atoms with Crippen molar-refractivity contribution in [3.05, 3.63) is 40.3 Å². The number of H-pyrrole nitrogens is 1. The van der Waals surface area contributed by atoms with Crippen LogP contribution in [0, 0.1) is 0 Å². The third-order valence-corrected chi connectivity index (χ3v) is 2.27. The Morgan fingerprint density at radius 2 is 2.21 bits per heavy atom. The van der Waals surface area contributed by atoms with E-state index in [1.807, 2.05) is 12.1 Å². The van der Waals surface area contributed by atoms with Crippen LogP contribution in [-0.4, -0.2) is 9.97 Å². The van der Waals surface area contributed by atoms with Gasteiger partial charge in [0.05, 0.1) is 0 Å². The van der Waals surface area contributed by atoms with Crippen LogP contribution in [0.1, 0.15) is 25.3 Å². The van der Waals surface area contributed by atoms with Gasteiger partial charge in [-0.2, -0.15) is 0 Å². The van der Waals surface area contributed by atoms with Gasteiger partial charge in [-0.1, -0.05) is 13.8 Å². The summed E-state index contributed by atoms with van der Waals surface area (Å²) < 4.78 is 0. The molecular weight excluding hydrogens is 176 g/mol. The molecule has 0 aromatic carbocycles. The second-order valence-electron chi connectivity index (χ2n) is 3.64. The van der Waals surface area contributed by atoms with E-state index in [1.54, 1.807) is 12.3 Å². The Kier molecular flexibility index (Phi) is 2.08. The molecule has 0 saturated carbocycles. The highest BCUT2D eigenvalue weighted by Gasteiger charge is 2.06. The topological polar surface area (TPSA) is 45.8 Å². The molecular formula is C11H12N2O. The van der Waals surface area contributed by atoms with Crippen molar-refractivity contribution in [1.29, 1.82) is 0 Å². The highest BCUT2D eigenvalue weighted by molar-refractivity contribution is 5.78. The van der Waals surface area contributed by atoms with Crippen LogP contribution in [0.3, 0.4) is 0 Å². The van der Waals surface area contributed by atoms with Crippen LogP contribution in [0.4, 0.5) is 0 Å². The van der Waals surface area contributed by atoms with Crippen LogP contribution >= 0.6 is 0 Å². The van der Waals surface area contributed by atoms with E-state index in [2.05, 4.69) is 23.8 Å². The summed E-state index contributed by atoms with van der Waals surface area (Å²) in [4.78, 5) is 18.2. The first-order valence-electron chi connectivity index (χ1n) is 4.66. The number of aromatic amines is 1. The largest absolute Gasteiger partial charge is 0.307 e. The fourth-order valence-corrected chi connectivity index (χ4v) is 1.59. The normalized spacial score (nSPS) is 11.1. The van der Waals surface area contributed by atoms with E-state index >= 15 is 0 Å². The molecule has 0 radical (unpaired) electrons. The second kappa shape index (κ2) is 3.25. The van der Waals surface area contributed by atoms with Gasteiger partial charge in [-0.05, 0) is 23.6 Å². The van der Waals surface area contributed by atoms with Crippen molar-refractivity contribution in [3.8, 4) is 0 Å². The zero-order valence-electron chi connectivity index (χ0n) is 8.24. The maximum absolute atomic E-state index is 11.3. The Morgan fingerprint density at radius 1 is 1.43 bits per heavy atom. The molecule has 0 bridgehead atoms. The molecule has 2 aromatic rings. The zero-order chi connectivity index (χ0) is 10.1. The minimum atomic E-state index is -0.0834. The Labute approximate surface area is 81.8 Å². The summed E-state index contributed by atoms with van der Waals surface area (Å²) in [7, 11) is 0. The second-order valence-corrected chi connectivity index (χ2v) is 3.64. The summed E-state index contributed by atoms with van der Waals surface area (Å²) in [5, 5.41) is 1.03. The molecule has 14 heavy (non-hydrogen) atoms. The maximum Gasteiger partial charge on any atom is 0.249 e. The number of fused-ring (bicyclic) bond motifs is 1. The minimum Gasteiger partial charge on any atom is -0.307 e. The Bertz CT molecular complexity index is 514. The molecule has 72 valence electrons. The van der Waals surface area contributed by atoms with Crippen molar-refractivity contribution >= 4 is 11.0 Å². The smallest absolute Gasteiger partial charge is 0.249 e.